The van der Waals surface area contributed by atoms with Gasteiger partial charge >= 0.3 is 0 Å². The van der Waals surface area contributed by atoms with Gasteiger partial charge in [0.1, 0.15) is 6.29 Å². The van der Waals surface area contributed by atoms with Gasteiger partial charge in [0.15, 0.2) is 0 Å². The van der Waals surface area contributed by atoms with Gasteiger partial charge in [-0.2, -0.15) is 0 Å². The molecule has 0 bridgehead atoms. The Labute approximate surface area is 140 Å². The molecule has 126 valence electrons. The third-order valence-corrected chi connectivity index (χ3v) is 8.19. The molecule has 3 fully saturated rings. The predicted molar refractivity (Wildman–Crippen MR) is 91.9 cm³/mol. The molecule has 6 atom stereocenters. The number of aliphatic hydroxyl groups is 1. The maximum atomic E-state index is 11.0. The second-order valence-corrected chi connectivity index (χ2v) is 8.98. The second-order valence-electron chi connectivity index (χ2n) is 8.98. The van der Waals surface area contributed by atoms with Crippen LogP contribution >= 0.6 is 0 Å². The zero-order chi connectivity index (χ0) is 16.2. The van der Waals surface area contributed by atoms with E-state index in [1.54, 1.807) is 5.57 Å². The van der Waals surface area contributed by atoms with E-state index in [1.807, 2.05) is 6.08 Å². The molecule has 0 spiro atoms. The Kier molecular flexibility index (Phi) is 3.61. The molecule has 3 saturated carbocycles. The largest absolute Gasteiger partial charge is 0.393 e. The van der Waals surface area contributed by atoms with Gasteiger partial charge in [0.25, 0.3) is 0 Å². The van der Waals surface area contributed by atoms with E-state index in [9.17, 15) is 9.90 Å². The maximum Gasteiger partial charge on any atom is 0.142 e. The summed E-state index contributed by atoms with van der Waals surface area (Å²) in [5.74, 6) is 2.30. The van der Waals surface area contributed by atoms with Gasteiger partial charge in [-0.1, -0.05) is 31.1 Å². The summed E-state index contributed by atoms with van der Waals surface area (Å²) >= 11 is 0. The Morgan fingerprint density at radius 1 is 1.13 bits per heavy atom. The summed E-state index contributed by atoms with van der Waals surface area (Å²) in [4.78, 5) is 11.0. The predicted octanol–water partition coefficient (Wildman–Crippen LogP) is 4.44. The molecule has 0 heterocycles. The number of carbonyl (C=O) groups is 1. The number of allylic oxidation sites excluding steroid dienone is 3. The van der Waals surface area contributed by atoms with Gasteiger partial charge < -0.3 is 5.11 Å². The number of hydrogen-bond donors (Lipinski definition) is 1. The van der Waals surface area contributed by atoms with Crippen molar-refractivity contribution in [1.29, 1.82) is 0 Å². The number of rotatable bonds is 1. The lowest BCUT2D eigenvalue weighted by Gasteiger charge is -2.57. The Balaban J connectivity index is 1.67. The van der Waals surface area contributed by atoms with Crippen molar-refractivity contribution in [1.82, 2.24) is 0 Å². The Hall–Kier alpha value is -0.890. The first-order valence-corrected chi connectivity index (χ1v) is 9.51. The average molecular weight is 314 g/mol. The van der Waals surface area contributed by atoms with Gasteiger partial charge in [-0.05, 0) is 86.0 Å². The molecule has 0 aliphatic heterocycles. The normalized spacial score (nSPS) is 50.7. The minimum atomic E-state index is -0.117. The lowest BCUT2D eigenvalue weighted by Crippen LogP contribution is -2.49. The highest BCUT2D eigenvalue weighted by Gasteiger charge is 2.56. The fraction of sp³-hybridized carbons (Fsp3) is 0.762. The second kappa shape index (κ2) is 5.31. The molecule has 0 unspecified atom stereocenters. The lowest BCUT2D eigenvalue weighted by molar-refractivity contribution is -0.104. The topological polar surface area (TPSA) is 37.3 Å². The van der Waals surface area contributed by atoms with E-state index in [0.717, 1.165) is 49.7 Å². The lowest BCUT2D eigenvalue weighted by atomic mass is 9.48. The van der Waals surface area contributed by atoms with Crippen molar-refractivity contribution in [3.05, 3.63) is 23.3 Å². The van der Waals surface area contributed by atoms with Crippen LogP contribution in [0.1, 0.15) is 65.2 Å². The first-order valence-electron chi connectivity index (χ1n) is 9.51. The summed E-state index contributed by atoms with van der Waals surface area (Å²) in [6, 6.07) is 0. The number of fused-ring (bicyclic) bond motifs is 5. The van der Waals surface area contributed by atoms with Crippen LogP contribution in [-0.2, 0) is 4.79 Å². The monoisotopic (exact) mass is 314 g/mol. The van der Waals surface area contributed by atoms with Crippen LogP contribution in [0.4, 0.5) is 0 Å². The molecule has 0 amide bonds. The minimum absolute atomic E-state index is 0.117. The average Bonchev–Trinajstić information content (AvgIpc) is 2.85. The molecule has 0 aromatic carbocycles. The van der Waals surface area contributed by atoms with Gasteiger partial charge in [-0.25, -0.2) is 0 Å². The van der Waals surface area contributed by atoms with E-state index >= 15 is 0 Å². The third kappa shape index (κ3) is 2.13. The third-order valence-electron chi connectivity index (χ3n) is 8.19. The molecule has 2 heteroatoms. The fourth-order valence-corrected chi connectivity index (χ4v) is 6.85. The van der Waals surface area contributed by atoms with Gasteiger partial charge in [0.05, 0.1) is 6.10 Å². The van der Waals surface area contributed by atoms with Crippen molar-refractivity contribution < 1.29 is 9.90 Å². The molecule has 4 aliphatic rings. The van der Waals surface area contributed by atoms with Gasteiger partial charge in [0.2, 0.25) is 0 Å². The molecule has 23 heavy (non-hydrogen) atoms. The highest BCUT2D eigenvalue weighted by Crippen LogP contribution is 2.65. The standard InChI is InChI=1S/C21H30O2/c1-20-11-8-19-17(18(20)6-4-14(20)9-12-22)5-3-15-13-16(23)7-10-21(15,19)2/h3,9,12,16-19,23H,4-8,10-11,13H2,1-2H3/b14-9+/t16-,17-,18-,19-,20+,21-/m0/s1. The fourth-order valence-electron chi connectivity index (χ4n) is 6.85. The first-order chi connectivity index (χ1) is 11.0. The van der Waals surface area contributed by atoms with Crippen LogP contribution in [0.25, 0.3) is 0 Å². The van der Waals surface area contributed by atoms with Gasteiger partial charge in [0, 0.05) is 0 Å². The quantitative estimate of drug-likeness (QED) is 0.441. The molecule has 0 radical (unpaired) electrons. The zero-order valence-electron chi connectivity index (χ0n) is 14.6. The molecule has 4 aliphatic carbocycles. The molecule has 0 aromatic heterocycles. The molecule has 2 nitrogen and oxygen atoms in total. The van der Waals surface area contributed by atoms with Crippen molar-refractivity contribution in [3.63, 3.8) is 0 Å². The molecule has 1 N–H and O–H groups in total. The Morgan fingerprint density at radius 2 is 1.87 bits per heavy atom. The summed E-state index contributed by atoms with van der Waals surface area (Å²) in [5, 5.41) is 10.1. The number of hydrogen-bond acceptors (Lipinski definition) is 2. The number of aliphatic hydroxyl groups excluding tert-OH is 1. The maximum absolute atomic E-state index is 11.0. The summed E-state index contributed by atoms with van der Waals surface area (Å²) in [7, 11) is 0. The van der Waals surface area contributed by atoms with E-state index in [1.165, 1.54) is 31.3 Å². The van der Waals surface area contributed by atoms with Crippen LogP contribution in [0.15, 0.2) is 23.3 Å². The smallest absolute Gasteiger partial charge is 0.142 e. The SMILES string of the molecule is C[C@]12CC[C@H](O)CC1=CC[C@@H]1[C@@H]2CC[C@]2(C)/C(=C/C=O)CC[C@@H]12. The van der Waals surface area contributed by atoms with Crippen LogP contribution in [0.2, 0.25) is 0 Å². The highest BCUT2D eigenvalue weighted by atomic mass is 16.3. The van der Waals surface area contributed by atoms with E-state index < -0.39 is 0 Å². The zero-order valence-corrected chi connectivity index (χ0v) is 14.6. The van der Waals surface area contributed by atoms with E-state index in [2.05, 4.69) is 19.9 Å². The van der Waals surface area contributed by atoms with Crippen molar-refractivity contribution in [3.8, 4) is 0 Å². The minimum Gasteiger partial charge on any atom is -0.393 e. The van der Waals surface area contributed by atoms with E-state index in [0.29, 0.717) is 5.41 Å². The van der Waals surface area contributed by atoms with Gasteiger partial charge in [-0.15, -0.1) is 0 Å². The molecular formula is C21H30O2. The molecular weight excluding hydrogens is 284 g/mol. The van der Waals surface area contributed by atoms with Crippen molar-refractivity contribution >= 4 is 6.29 Å². The first kappa shape index (κ1) is 15.6. The summed E-state index contributed by atoms with van der Waals surface area (Å²) in [6.07, 6.45) is 14.4. The Morgan fingerprint density at radius 3 is 2.65 bits per heavy atom. The highest BCUT2D eigenvalue weighted by molar-refractivity contribution is 5.67. The Bertz CT molecular complexity index is 574. The van der Waals surface area contributed by atoms with Crippen LogP contribution in [0.5, 0.6) is 0 Å². The van der Waals surface area contributed by atoms with Gasteiger partial charge in [-0.3, -0.25) is 4.79 Å². The van der Waals surface area contributed by atoms with Crippen molar-refractivity contribution in [2.45, 2.75) is 71.3 Å². The van der Waals surface area contributed by atoms with Crippen molar-refractivity contribution in [2.24, 2.45) is 28.6 Å². The summed E-state index contributed by atoms with van der Waals surface area (Å²) in [5.41, 5.74) is 3.54. The van der Waals surface area contributed by atoms with Crippen LogP contribution < -0.4 is 0 Å². The van der Waals surface area contributed by atoms with Crippen LogP contribution in [0, 0.1) is 28.6 Å². The van der Waals surface area contributed by atoms with E-state index in [-0.39, 0.29) is 11.5 Å². The number of aldehydes is 1. The summed E-state index contributed by atoms with van der Waals surface area (Å²) in [6.45, 7) is 4.89. The van der Waals surface area contributed by atoms with Crippen molar-refractivity contribution in [2.75, 3.05) is 0 Å². The molecule has 0 saturated heterocycles. The van der Waals surface area contributed by atoms with Crippen LogP contribution in [-0.4, -0.2) is 17.5 Å². The number of carbonyl (C=O) groups excluding carboxylic acids is 1. The molecule has 4 rings (SSSR count). The van der Waals surface area contributed by atoms with Crippen LogP contribution in [0.3, 0.4) is 0 Å². The molecule has 0 aromatic rings. The summed E-state index contributed by atoms with van der Waals surface area (Å²) < 4.78 is 0. The van der Waals surface area contributed by atoms with E-state index in [4.69, 9.17) is 0 Å².